The minimum atomic E-state index is 1.26. The first-order valence-electron chi connectivity index (χ1n) is 12.6. The lowest BCUT2D eigenvalue weighted by atomic mass is 9.97. The zero-order valence-corrected chi connectivity index (χ0v) is 22.0. The first-order valence-corrected chi connectivity index (χ1v) is 15.1. The molecular formula is C28H40S3. The normalized spacial score (nSPS) is 11.4. The van der Waals surface area contributed by atoms with Crippen molar-refractivity contribution in [3.05, 3.63) is 45.5 Å². The van der Waals surface area contributed by atoms with Crippen LogP contribution in [0.15, 0.2) is 35.0 Å². The predicted molar refractivity (Wildman–Crippen MR) is 145 cm³/mol. The van der Waals surface area contributed by atoms with Crippen molar-refractivity contribution in [2.24, 2.45) is 0 Å². The third kappa shape index (κ3) is 7.58. The Morgan fingerprint density at radius 3 is 1.74 bits per heavy atom. The van der Waals surface area contributed by atoms with Gasteiger partial charge in [-0.2, -0.15) is 0 Å². The van der Waals surface area contributed by atoms with Crippen LogP contribution in [0.25, 0.3) is 20.2 Å². The van der Waals surface area contributed by atoms with Crippen LogP contribution in [0.4, 0.5) is 0 Å². The third-order valence-corrected chi connectivity index (χ3v) is 9.37. The molecule has 3 heteroatoms. The van der Waals surface area contributed by atoms with Gasteiger partial charge in [0.25, 0.3) is 0 Å². The van der Waals surface area contributed by atoms with E-state index < -0.39 is 0 Å². The molecule has 0 radical (unpaired) electrons. The van der Waals surface area contributed by atoms with E-state index in [9.17, 15) is 0 Å². The van der Waals surface area contributed by atoms with Crippen molar-refractivity contribution >= 4 is 34.0 Å². The van der Waals surface area contributed by atoms with E-state index in [1.165, 1.54) is 105 Å². The number of rotatable bonds is 16. The maximum atomic E-state index is 2.34. The summed E-state index contributed by atoms with van der Waals surface area (Å²) >= 11 is 5.91. The summed E-state index contributed by atoms with van der Waals surface area (Å²) in [7, 11) is 0. The second-order valence-electron chi connectivity index (χ2n) is 8.70. The molecule has 3 aromatic rings. The third-order valence-electron chi connectivity index (χ3n) is 6.14. The molecule has 0 saturated carbocycles. The number of hydrogen-bond donors (Lipinski definition) is 0. The molecule has 3 aromatic heterocycles. The lowest BCUT2D eigenvalue weighted by Crippen LogP contribution is -1.93. The first-order chi connectivity index (χ1) is 15.3. The van der Waals surface area contributed by atoms with Crippen LogP contribution < -0.4 is 0 Å². The van der Waals surface area contributed by atoms with Crippen LogP contribution in [0, 0.1) is 0 Å². The van der Waals surface area contributed by atoms with Gasteiger partial charge >= 0.3 is 0 Å². The van der Waals surface area contributed by atoms with Gasteiger partial charge < -0.3 is 0 Å². The molecule has 170 valence electrons. The molecule has 0 aliphatic rings. The molecule has 0 fully saturated rings. The van der Waals surface area contributed by atoms with Gasteiger partial charge in [0.15, 0.2) is 0 Å². The Labute approximate surface area is 202 Å². The SMILES string of the molecule is CCCCCCCCc1sc(-c2cccs2)c(-c2cccs2)c1CCCCCCCC. The summed E-state index contributed by atoms with van der Waals surface area (Å²) < 4.78 is 0. The summed E-state index contributed by atoms with van der Waals surface area (Å²) in [4.78, 5) is 6.12. The molecule has 0 amide bonds. The monoisotopic (exact) mass is 472 g/mol. The number of thiophene rings is 3. The van der Waals surface area contributed by atoms with Gasteiger partial charge in [0.1, 0.15) is 0 Å². The molecule has 0 aliphatic heterocycles. The predicted octanol–water partition coefficient (Wildman–Crippen LogP) is 11.0. The van der Waals surface area contributed by atoms with Crippen LogP contribution in [0.3, 0.4) is 0 Å². The number of hydrogen-bond acceptors (Lipinski definition) is 3. The highest BCUT2D eigenvalue weighted by molar-refractivity contribution is 7.22. The van der Waals surface area contributed by atoms with Crippen molar-refractivity contribution < 1.29 is 0 Å². The lowest BCUT2D eigenvalue weighted by molar-refractivity contribution is 0.601. The highest BCUT2D eigenvalue weighted by atomic mass is 32.1. The van der Waals surface area contributed by atoms with Crippen molar-refractivity contribution in [3.63, 3.8) is 0 Å². The van der Waals surface area contributed by atoms with E-state index in [0.717, 1.165) is 0 Å². The van der Waals surface area contributed by atoms with Gasteiger partial charge in [-0.25, -0.2) is 0 Å². The maximum Gasteiger partial charge on any atom is 0.0534 e. The van der Waals surface area contributed by atoms with Gasteiger partial charge in [0, 0.05) is 20.2 Å². The van der Waals surface area contributed by atoms with Crippen LogP contribution >= 0.6 is 34.0 Å². The molecule has 0 aromatic carbocycles. The van der Waals surface area contributed by atoms with Crippen LogP contribution in [-0.4, -0.2) is 0 Å². The zero-order valence-electron chi connectivity index (χ0n) is 19.6. The first kappa shape index (κ1) is 24.7. The highest BCUT2D eigenvalue weighted by Gasteiger charge is 2.21. The Morgan fingerprint density at radius 1 is 0.613 bits per heavy atom. The Kier molecular flexibility index (Phi) is 11.4. The quantitative estimate of drug-likeness (QED) is 0.182. The van der Waals surface area contributed by atoms with E-state index >= 15 is 0 Å². The summed E-state index contributed by atoms with van der Waals surface area (Å²) in [6.45, 7) is 4.61. The molecule has 0 aliphatic carbocycles. The maximum absolute atomic E-state index is 2.34. The van der Waals surface area contributed by atoms with Gasteiger partial charge in [-0.05, 0) is 54.1 Å². The van der Waals surface area contributed by atoms with Crippen molar-refractivity contribution in [1.82, 2.24) is 0 Å². The average molecular weight is 473 g/mol. The molecule has 3 heterocycles. The van der Waals surface area contributed by atoms with E-state index in [4.69, 9.17) is 0 Å². The van der Waals surface area contributed by atoms with E-state index in [0.29, 0.717) is 0 Å². The minimum absolute atomic E-state index is 1.26. The molecular weight excluding hydrogens is 433 g/mol. The van der Waals surface area contributed by atoms with Crippen LogP contribution in [-0.2, 0) is 12.8 Å². The Hall–Kier alpha value is -0.900. The highest BCUT2D eigenvalue weighted by Crippen LogP contribution is 2.47. The minimum Gasteiger partial charge on any atom is -0.144 e. The van der Waals surface area contributed by atoms with Crippen molar-refractivity contribution in [1.29, 1.82) is 0 Å². The standard InChI is InChI=1S/C28H40S3/c1-3-5-7-9-11-13-17-23-24(18-14-12-10-8-6-4-2)31-28(26-20-16-22-30-26)27(23)25-19-15-21-29-25/h15-16,19-22H,3-14,17-18H2,1-2H3. The fourth-order valence-corrected chi connectivity index (χ4v) is 7.52. The Bertz CT molecular complexity index is 824. The van der Waals surface area contributed by atoms with Gasteiger partial charge in [-0.15, -0.1) is 34.0 Å². The Morgan fingerprint density at radius 2 is 1.16 bits per heavy atom. The van der Waals surface area contributed by atoms with Crippen molar-refractivity contribution in [3.8, 4) is 20.2 Å². The number of aryl methyl sites for hydroxylation is 1. The summed E-state index contributed by atoms with van der Waals surface area (Å²) in [5, 5.41) is 4.47. The van der Waals surface area contributed by atoms with E-state index in [-0.39, 0.29) is 0 Å². The molecule has 0 N–H and O–H groups in total. The van der Waals surface area contributed by atoms with Gasteiger partial charge in [0.2, 0.25) is 0 Å². The summed E-state index contributed by atoms with van der Waals surface area (Å²) in [6, 6.07) is 9.08. The van der Waals surface area contributed by atoms with Crippen LogP contribution in [0.5, 0.6) is 0 Å². The van der Waals surface area contributed by atoms with Gasteiger partial charge in [0.05, 0.1) is 4.88 Å². The largest absolute Gasteiger partial charge is 0.144 e. The van der Waals surface area contributed by atoms with Gasteiger partial charge in [-0.1, -0.05) is 90.2 Å². The molecule has 3 rings (SSSR count). The molecule has 31 heavy (non-hydrogen) atoms. The van der Waals surface area contributed by atoms with Crippen molar-refractivity contribution in [2.75, 3.05) is 0 Å². The molecule has 0 saturated heterocycles. The molecule has 0 atom stereocenters. The fourth-order valence-electron chi connectivity index (χ4n) is 4.39. The summed E-state index contributed by atoms with van der Waals surface area (Å²) in [5.74, 6) is 0. The Balaban J connectivity index is 1.77. The smallest absolute Gasteiger partial charge is 0.0534 e. The second kappa shape index (κ2) is 14.3. The van der Waals surface area contributed by atoms with E-state index in [1.54, 1.807) is 16.0 Å². The van der Waals surface area contributed by atoms with E-state index in [2.05, 4.69) is 60.2 Å². The van der Waals surface area contributed by atoms with Crippen LogP contribution in [0.1, 0.15) is 101 Å². The lowest BCUT2D eigenvalue weighted by Gasteiger charge is -2.09. The average Bonchev–Trinajstić information content (AvgIpc) is 3.54. The summed E-state index contributed by atoms with van der Waals surface area (Å²) in [5.41, 5.74) is 3.25. The van der Waals surface area contributed by atoms with Crippen molar-refractivity contribution in [2.45, 2.75) is 104 Å². The molecule has 0 unspecified atom stereocenters. The number of unbranched alkanes of at least 4 members (excludes halogenated alkanes) is 10. The summed E-state index contributed by atoms with van der Waals surface area (Å²) in [6.07, 6.45) is 19.1. The molecule has 0 nitrogen and oxygen atoms in total. The van der Waals surface area contributed by atoms with Gasteiger partial charge in [-0.3, -0.25) is 0 Å². The van der Waals surface area contributed by atoms with E-state index in [1.807, 2.05) is 22.7 Å². The topological polar surface area (TPSA) is 0 Å². The van der Waals surface area contributed by atoms with Crippen LogP contribution in [0.2, 0.25) is 0 Å². The zero-order chi connectivity index (χ0) is 21.7. The fraction of sp³-hybridized carbons (Fsp3) is 0.571. The molecule has 0 spiro atoms. The second-order valence-corrected chi connectivity index (χ2v) is 11.7. The molecule has 0 bridgehead atoms.